The fourth-order valence-corrected chi connectivity index (χ4v) is 4.15. The Labute approximate surface area is 186 Å². The van der Waals surface area contributed by atoms with Crippen LogP contribution in [0.25, 0.3) is 10.9 Å². The van der Waals surface area contributed by atoms with Gasteiger partial charge in [-0.3, -0.25) is 4.79 Å². The lowest BCUT2D eigenvalue weighted by Crippen LogP contribution is -2.40. The number of hydrogen-bond donors (Lipinski definition) is 2. The van der Waals surface area contributed by atoms with Crippen LogP contribution >= 0.6 is 23.8 Å². The summed E-state index contributed by atoms with van der Waals surface area (Å²) >= 11 is 11.8. The van der Waals surface area contributed by atoms with Gasteiger partial charge in [-0.15, -0.1) is 0 Å². The van der Waals surface area contributed by atoms with Crippen LogP contribution in [-0.4, -0.2) is 34.3 Å². The first-order chi connectivity index (χ1) is 14.5. The van der Waals surface area contributed by atoms with E-state index in [1.165, 1.54) is 0 Å². The van der Waals surface area contributed by atoms with E-state index >= 15 is 0 Å². The van der Waals surface area contributed by atoms with E-state index < -0.39 is 0 Å². The number of nitrogens with one attached hydrogen (secondary N) is 2. The van der Waals surface area contributed by atoms with Crippen LogP contribution in [0, 0.1) is 6.92 Å². The number of rotatable bonds is 5. The van der Waals surface area contributed by atoms with Gasteiger partial charge in [-0.1, -0.05) is 29.8 Å². The largest absolute Gasteiger partial charge is 0.376 e. The number of nitrogens with zero attached hydrogens (tertiary/aromatic N) is 1. The maximum Gasteiger partial charge on any atom is 0.253 e. The zero-order valence-electron chi connectivity index (χ0n) is 16.8. The molecule has 1 fully saturated rings. The summed E-state index contributed by atoms with van der Waals surface area (Å²) in [5, 5.41) is 5.42. The van der Waals surface area contributed by atoms with Crippen molar-refractivity contribution in [3.05, 3.63) is 75.0 Å². The molecule has 1 saturated heterocycles. The lowest BCUT2D eigenvalue weighted by Gasteiger charge is -2.28. The molecule has 5 nitrogen and oxygen atoms in total. The fraction of sp³-hybridized carbons (Fsp3) is 0.304. The van der Waals surface area contributed by atoms with Gasteiger partial charge in [0.2, 0.25) is 0 Å². The van der Waals surface area contributed by atoms with Crippen LogP contribution in [0.1, 0.15) is 24.0 Å². The van der Waals surface area contributed by atoms with E-state index in [2.05, 4.69) is 10.3 Å². The molecule has 1 aliphatic rings. The van der Waals surface area contributed by atoms with Crippen molar-refractivity contribution in [3.63, 3.8) is 0 Å². The number of anilines is 1. The van der Waals surface area contributed by atoms with E-state index in [-0.39, 0.29) is 11.7 Å². The molecule has 1 aromatic heterocycles. The second kappa shape index (κ2) is 9.16. The predicted octanol–water partition coefficient (Wildman–Crippen LogP) is 4.87. The molecule has 2 N–H and O–H groups in total. The van der Waals surface area contributed by atoms with Crippen molar-refractivity contribution in [2.45, 2.75) is 32.4 Å². The van der Waals surface area contributed by atoms with Gasteiger partial charge in [0.05, 0.1) is 12.6 Å². The summed E-state index contributed by atoms with van der Waals surface area (Å²) in [5.74, 6) is 0. The van der Waals surface area contributed by atoms with Crippen LogP contribution in [0.2, 0.25) is 5.02 Å². The molecule has 1 aliphatic heterocycles. The van der Waals surface area contributed by atoms with Gasteiger partial charge in [-0.2, -0.15) is 0 Å². The molecular weight excluding hydrogens is 418 g/mol. The summed E-state index contributed by atoms with van der Waals surface area (Å²) in [5.41, 5.74) is 3.33. The summed E-state index contributed by atoms with van der Waals surface area (Å²) in [6, 6.07) is 15.4. The number of halogens is 1. The minimum Gasteiger partial charge on any atom is -0.376 e. The van der Waals surface area contributed by atoms with Crippen molar-refractivity contribution in [2.75, 3.05) is 18.5 Å². The second-order valence-corrected chi connectivity index (χ2v) is 8.49. The third-order valence-corrected chi connectivity index (χ3v) is 5.85. The Bertz CT molecular complexity index is 1120. The number of aromatic amines is 1. The van der Waals surface area contributed by atoms with E-state index in [9.17, 15) is 4.79 Å². The fourth-order valence-electron chi connectivity index (χ4n) is 3.71. The number of aromatic nitrogens is 1. The number of aryl methyl sites for hydroxylation is 1. The Morgan fingerprint density at radius 3 is 2.93 bits per heavy atom. The smallest absolute Gasteiger partial charge is 0.253 e. The van der Waals surface area contributed by atoms with Crippen molar-refractivity contribution < 1.29 is 4.74 Å². The normalized spacial score (nSPS) is 16.0. The summed E-state index contributed by atoms with van der Waals surface area (Å²) in [6.07, 6.45) is 2.14. The molecule has 3 aromatic rings. The van der Waals surface area contributed by atoms with E-state index in [4.69, 9.17) is 28.6 Å². The highest BCUT2D eigenvalue weighted by Gasteiger charge is 2.22. The number of pyridine rings is 1. The van der Waals surface area contributed by atoms with Gasteiger partial charge in [-0.05, 0) is 73.3 Å². The standard InChI is InChI=1S/C23H24ClN3O2S/c1-15-7-8-16-11-17(22(28)26-21(16)10-15)13-27(14-20-6-3-9-29-20)23(30)25-19-5-2-4-18(24)12-19/h2,4-5,7-8,10-12,20H,3,6,9,13-14H2,1H3,(H,25,30)(H,26,28)/t20-/m0/s1. The van der Waals surface area contributed by atoms with Gasteiger partial charge >= 0.3 is 0 Å². The molecule has 2 aromatic carbocycles. The summed E-state index contributed by atoms with van der Waals surface area (Å²) in [4.78, 5) is 17.7. The molecule has 1 atom stereocenters. The Morgan fingerprint density at radius 1 is 1.30 bits per heavy atom. The maximum atomic E-state index is 12.7. The molecule has 156 valence electrons. The zero-order valence-corrected chi connectivity index (χ0v) is 18.4. The number of benzene rings is 2. The van der Waals surface area contributed by atoms with Crippen LogP contribution in [0.15, 0.2) is 53.3 Å². The van der Waals surface area contributed by atoms with Gasteiger partial charge in [0.1, 0.15) is 0 Å². The van der Waals surface area contributed by atoms with E-state index in [0.717, 1.165) is 41.6 Å². The maximum absolute atomic E-state index is 12.7. The van der Waals surface area contributed by atoms with Crippen LogP contribution in [-0.2, 0) is 11.3 Å². The van der Waals surface area contributed by atoms with Crippen LogP contribution in [0.5, 0.6) is 0 Å². The average Bonchev–Trinajstić information content (AvgIpc) is 3.21. The molecule has 7 heteroatoms. The van der Waals surface area contributed by atoms with E-state index in [0.29, 0.717) is 28.8 Å². The molecule has 0 amide bonds. The molecule has 0 bridgehead atoms. The molecule has 4 rings (SSSR count). The van der Waals surface area contributed by atoms with Crippen molar-refractivity contribution in [3.8, 4) is 0 Å². The number of hydrogen-bond acceptors (Lipinski definition) is 3. The molecule has 0 radical (unpaired) electrons. The molecular formula is C23H24ClN3O2S. The molecule has 30 heavy (non-hydrogen) atoms. The topological polar surface area (TPSA) is 57.4 Å². The molecule has 0 spiro atoms. The third-order valence-electron chi connectivity index (χ3n) is 5.25. The monoisotopic (exact) mass is 441 g/mol. The lowest BCUT2D eigenvalue weighted by molar-refractivity contribution is 0.0904. The van der Waals surface area contributed by atoms with Crippen molar-refractivity contribution in [2.24, 2.45) is 0 Å². The van der Waals surface area contributed by atoms with Crippen LogP contribution in [0.4, 0.5) is 5.69 Å². The first kappa shape index (κ1) is 20.8. The Kier molecular flexibility index (Phi) is 6.37. The predicted molar refractivity (Wildman–Crippen MR) is 126 cm³/mol. The number of H-pyrrole nitrogens is 1. The summed E-state index contributed by atoms with van der Waals surface area (Å²) < 4.78 is 5.82. The van der Waals surface area contributed by atoms with Crippen molar-refractivity contribution in [1.82, 2.24) is 9.88 Å². The van der Waals surface area contributed by atoms with Gasteiger partial charge in [0.25, 0.3) is 5.56 Å². The highest BCUT2D eigenvalue weighted by atomic mass is 35.5. The Hall–Kier alpha value is -2.41. The van der Waals surface area contributed by atoms with Crippen LogP contribution in [0.3, 0.4) is 0 Å². The van der Waals surface area contributed by atoms with Crippen LogP contribution < -0.4 is 10.9 Å². The number of fused-ring (bicyclic) bond motifs is 1. The highest BCUT2D eigenvalue weighted by Crippen LogP contribution is 2.19. The quantitative estimate of drug-likeness (QED) is 0.553. The Morgan fingerprint density at radius 2 is 2.17 bits per heavy atom. The van der Waals surface area contributed by atoms with Gasteiger partial charge in [0, 0.05) is 34.9 Å². The number of ether oxygens (including phenoxy) is 1. The molecule has 0 saturated carbocycles. The Balaban J connectivity index is 1.59. The first-order valence-electron chi connectivity index (χ1n) is 10.0. The highest BCUT2D eigenvalue weighted by molar-refractivity contribution is 7.80. The SMILES string of the molecule is Cc1ccc2cc(CN(C[C@@H]3CCCO3)C(=S)Nc3cccc(Cl)c3)c(=O)[nH]c2c1. The number of thiocarbonyl (C=S) groups is 1. The van der Waals surface area contributed by atoms with E-state index in [1.54, 1.807) is 0 Å². The second-order valence-electron chi connectivity index (χ2n) is 7.67. The van der Waals surface area contributed by atoms with E-state index in [1.807, 2.05) is 60.4 Å². The van der Waals surface area contributed by atoms with Gasteiger partial charge in [0.15, 0.2) is 5.11 Å². The van der Waals surface area contributed by atoms with Crippen molar-refractivity contribution >= 4 is 45.5 Å². The molecule has 0 aliphatic carbocycles. The third kappa shape index (κ3) is 5.01. The minimum absolute atomic E-state index is 0.101. The minimum atomic E-state index is -0.101. The average molecular weight is 442 g/mol. The van der Waals surface area contributed by atoms with Gasteiger partial charge < -0.3 is 19.9 Å². The molecule has 2 heterocycles. The summed E-state index contributed by atoms with van der Waals surface area (Å²) in [6.45, 7) is 3.79. The first-order valence-corrected chi connectivity index (χ1v) is 10.8. The van der Waals surface area contributed by atoms with Gasteiger partial charge in [-0.25, -0.2) is 0 Å². The zero-order chi connectivity index (χ0) is 21.1. The lowest BCUT2D eigenvalue weighted by atomic mass is 10.1. The summed E-state index contributed by atoms with van der Waals surface area (Å²) in [7, 11) is 0. The molecule has 0 unspecified atom stereocenters. The van der Waals surface area contributed by atoms with Crippen molar-refractivity contribution in [1.29, 1.82) is 0 Å².